The fourth-order valence-electron chi connectivity index (χ4n) is 1.47. The predicted octanol–water partition coefficient (Wildman–Crippen LogP) is 1.23. The quantitative estimate of drug-likeness (QED) is 0.881. The van der Waals surface area contributed by atoms with Gasteiger partial charge in [-0.05, 0) is 18.6 Å². The van der Waals surface area contributed by atoms with Crippen LogP contribution in [0.15, 0.2) is 11.6 Å². The number of aromatic nitrogens is 4. The number of nitrogens with one attached hydrogen (secondary N) is 1. The Labute approximate surface area is 96.2 Å². The van der Waals surface area contributed by atoms with Crippen molar-refractivity contribution in [2.45, 2.75) is 6.04 Å². The third kappa shape index (κ3) is 1.88. The number of halogens is 1. The van der Waals surface area contributed by atoms with Gasteiger partial charge in [0.25, 0.3) is 0 Å². The topological polar surface area (TPSA) is 55.6 Å². The minimum atomic E-state index is -0.0660. The third-order valence-corrected chi connectivity index (χ3v) is 2.99. The van der Waals surface area contributed by atoms with Crippen molar-refractivity contribution in [1.82, 2.24) is 24.7 Å². The van der Waals surface area contributed by atoms with Crippen LogP contribution in [0.3, 0.4) is 0 Å². The van der Waals surface area contributed by atoms with Crippen LogP contribution in [0.2, 0.25) is 5.02 Å². The average Bonchev–Trinajstić information content (AvgIpc) is 2.83. The van der Waals surface area contributed by atoms with Crippen molar-refractivity contribution in [2.75, 3.05) is 7.05 Å². The van der Waals surface area contributed by atoms with Gasteiger partial charge < -0.3 is 5.32 Å². The van der Waals surface area contributed by atoms with E-state index in [9.17, 15) is 0 Å². The van der Waals surface area contributed by atoms with Crippen molar-refractivity contribution in [3.63, 3.8) is 0 Å². The maximum absolute atomic E-state index is 6.07. The highest BCUT2D eigenvalue weighted by Crippen LogP contribution is 2.26. The average molecular weight is 244 g/mol. The number of rotatable bonds is 3. The molecule has 2 rings (SSSR count). The largest absolute Gasteiger partial charge is 0.307 e. The van der Waals surface area contributed by atoms with Crippen LogP contribution in [-0.4, -0.2) is 26.4 Å². The van der Waals surface area contributed by atoms with E-state index in [-0.39, 0.29) is 6.04 Å². The van der Waals surface area contributed by atoms with Crippen LogP contribution in [0.4, 0.5) is 0 Å². The van der Waals surface area contributed by atoms with Gasteiger partial charge in [-0.2, -0.15) is 5.10 Å². The van der Waals surface area contributed by atoms with E-state index in [1.807, 2.05) is 19.5 Å². The standard InChI is InChI=1S/C8H10ClN5S/c1-10-7(6-4-15-13-12-6)8-5(9)3-11-14(8)2/h3-4,7,10H,1-2H3. The molecule has 0 radical (unpaired) electrons. The molecule has 0 bridgehead atoms. The number of hydrogen-bond donors (Lipinski definition) is 1. The van der Waals surface area contributed by atoms with E-state index in [0.29, 0.717) is 5.02 Å². The van der Waals surface area contributed by atoms with Gasteiger partial charge in [0.15, 0.2) is 0 Å². The first kappa shape index (κ1) is 10.5. The summed E-state index contributed by atoms with van der Waals surface area (Å²) in [7, 11) is 3.71. The molecule has 1 N–H and O–H groups in total. The Balaban J connectivity index is 2.44. The van der Waals surface area contributed by atoms with Gasteiger partial charge in [0, 0.05) is 12.4 Å². The Morgan fingerprint density at radius 3 is 2.87 bits per heavy atom. The lowest BCUT2D eigenvalue weighted by atomic mass is 10.1. The molecule has 1 atom stereocenters. The van der Waals surface area contributed by atoms with Gasteiger partial charge in [-0.3, -0.25) is 4.68 Å². The summed E-state index contributed by atoms with van der Waals surface area (Å²) >= 11 is 7.39. The summed E-state index contributed by atoms with van der Waals surface area (Å²) in [5.74, 6) is 0. The smallest absolute Gasteiger partial charge is 0.0986 e. The van der Waals surface area contributed by atoms with Gasteiger partial charge in [0.1, 0.15) is 0 Å². The maximum atomic E-state index is 6.07. The molecule has 1 unspecified atom stereocenters. The first-order valence-corrected chi connectivity index (χ1v) is 5.57. The molecule has 0 fully saturated rings. The van der Waals surface area contributed by atoms with Crippen molar-refractivity contribution in [3.8, 4) is 0 Å². The van der Waals surface area contributed by atoms with Crippen LogP contribution in [0.25, 0.3) is 0 Å². The molecule has 0 saturated carbocycles. The summed E-state index contributed by atoms with van der Waals surface area (Å²) in [6.07, 6.45) is 1.63. The Morgan fingerprint density at radius 2 is 2.40 bits per heavy atom. The molecule has 0 amide bonds. The molecule has 80 valence electrons. The van der Waals surface area contributed by atoms with Crippen molar-refractivity contribution in [1.29, 1.82) is 0 Å². The second kappa shape index (κ2) is 4.26. The summed E-state index contributed by atoms with van der Waals surface area (Å²) in [5, 5.41) is 13.8. The Morgan fingerprint density at radius 1 is 1.60 bits per heavy atom. The molecular formula is C8H10ClN5S. The number of hydrogen-bond acceptors (Lipinski definition) is 5. The zero-order valence-corrected chi connectivity index (χ0v) is 9.88. The normalized spacial score (nSPS) is 13.0. The van der Waals surface area contributed by atoms with E-state index in [1.165, 1.54) is 11.5 Å². The molecule has 2 aromatic heterocycles. The van der Waals surface area contributed by atoms with Crippen LogP contribution in [0, 0.1) is 0 Å². The van der Waals surface area contributed by atoms with Crippen molar-refractivity contribution in [2.24, 2.45) is 7.05 Å². The van der Waals surface area contributed by atoms with Gasteiger partial charge >= 0.3 is 0 Å². The highest BCUT2D eigenvalue weighted by Gasteiger charge is 2.21. The zero-order valence-electron chi connectivity index (χ0n) is 8.31. The molecule has 2 aromatic rings. The first-order valence-electron chi connectivity index (χ1n) is 4.35. The van der Waals surface area contributed by atoms with Crippen LogP contribution >= 0.6 is 23.1 Å². The Hall–Kier alpha value is -0.980. The lowest BCUT2D eigenvalue weighted by Gasteiger charge is -2.14. The van der Waals surface area contributed by atoms with Crippen LogP contribution < -0.4 is 5.32 Å². The third-order valence-electron chi connectivity index (χ3n) is 2.17. The van der Waals surface area contributed by atoms with Gasteiger partial charge in [0.05, 0.1) is 28.6 Å². The fraction of sp³-hybridized carbons (Fsp3) is 0.375. The number of nitrogens with zero attached hydrogens (tertiary/aromatic N) is 4. The van der Waals surface area contributed by atoms with Crippen molar-refractivity contribution < 1.29 is 0 Å². The predicted molar refractivity (Wildman–Crippen MR) is 59.0 cm³/mol. The molecular weight excluding hydrogens is 234 g/mol. The molecule has 0 saturated heterocycles. The summed E-state index contributed by atoms with van der Waals surface area (Å²) in [6, 6.07) is -0.0660. The summed E-state index contributed by atoms with van der Waals surface area (Å²) in [6.45, 7) is 0. The lowest BCUT2D eigenvalue weighted by molar-refractivity contribution is 0.593. The Bertz CT molecular complexity index is 418. The van der Waals surface area contributed by atoms with Gasteiger partial charge in [-0.15, -0.1) is 5.10 Å². The molecule has 0 aliphatic carbocycles. The molecule has 0 spiro atoms. The minimum absolute atomic E-state index is 0.0660. The van der Waals surface area contributed by atoms with Gasteiger partial charge in [0.2, 0.25) is 0 Å². The van der Waals surface area contributed by atoms with E-state index in [4.69, 9.17) is 11.6 Å². The molecule has 0 aliphatic heterocycles. The minimum Gasteiger partial charge on any atom is -0.307 e. The molecule has 0 aromatic carbocycles. The highest BCUT2D eigenvalue weighted by atomic mass is 35.5. The van der Waals surface area contributed by atoms with E-state index in [1.54, 1.807) is 10.9 Å². The summed E-state index contributed by atoms with van der Waals surface area (Å²) in [5.41, 5.74) is 1.75. The molecule has 0 aliphatic rings. The number of aryl methyl sites for hydroxylation is 1. The van der Waals surface area contributed by atoms with Crippen LogP contribution in [-0.2, 0) is 7.05 Å². The molecule has 5 nitrogen and oxygen atoms in total. The second-order valence-corrected chi connectivity index (χ2v) is 4.07. The first-order chi connectivity index (χ1) is 7.24. The summed E-state index contributed by atoms with van der Waals surface area (Å²) < 4.78 is 5.58. The summed E-state index contributed by atoms with van der Waals surface area (Å²) in [4.78, 5) is 0. The van der Waals surface area contributed by atoms with Crippen molar-refractivity contribution >= 4 is 23.1 Å². The monoisotopic (exact) mass is 243 g/mol. The SMILES string of the molecule is CNC(c1csnn1)c1c(Cl)cnn1C. The molecule has 2 heterocycles. The zero-order chi connectivity index (χ0) is 10.8. The highest BCUT2D eigenvalue weighted by molar-refractivity contribution is 7.03. The van der Waals surface area contributed by atoms with Crippen molar-refractivity contribution in [3.05, 3.63) is 28.0 Å². The fourth-order valence-corrected chi connectivity index (χ4v) is 2.22. The van der Waals surface area contributed by atoms with E-state index in [2.05, 4.69) is 20.0 Å². The van der Waals surface area contributed by atoms with E-state index >= 15 is 0 Å². The van der Waals surface area contributed by atoms with E-state index in [0.717, 1.165) is 11.4 Å². The second-order valence-electron chi connectivity index (χ2n) is 3.05. The Kier molecular flexibility index (Phi) is 2.99. The van der Waals surface area contributed by atoms with Gasteiger partial charge in [-0.1, -0.05) is 16.1 Å². The molecule has 15 heavy (non-hydrogen) atoms. The molecule has 7 heteroatoms. The van der Waals surface area contributed by atoms with E-state index < -0.39 is 0 Å². The lowest BCUT2D eigenvalue weighted by Crippen LogP contribution is -2.21. The van der Waals surface area contributed by atoms with Gasteiger partial charge in [-0.25, -0.2) is 0 Å². The maximum Gasteiger partial charge on any atom is 0.0986 e. The van der Waals surface area contributed by atoms with Crippen LogP contribution in [0.1, 0.15) is 17.4 Å². The van der Waals surface area contributed by atoms with Crippen LogP contribution in [0.5, 0.6) is 0 Å².